The maximum atomic E-state index is 13.2. The largest absolute Gasteiger partial charge is 0.355 e. The summed E-state index contributed by atoms with van der Waals surface area (Å²) in [6, 6.07) is 11.1. The Kier molecular flexibility index (Phi) is 5.29. The first kappa shape index (κ1) is 18.1. The van der Waals surface area contributed by atoms with Gasteiger partial charge in [0.25, 0.3) is 0 Å². The second kappa shape index (κ2) is 7.29. The van der Waals surface area contributed by atoms with Gasteiger partial charge in [-0.1, -0.05) is 53.5 Å². The molecule has 3 rings (SSSR count). The summed E-state index contributed by atoms with van der Waals surface area (Å²) in [5.41, 5.74) is 0.737. The zero-order valence-electron chi connectivity index (χ0n) is 13.0. The van der Waals surface area contributed by atoms with E-state index in [0.717, 1.165) is 5.56 Å². The van der Waals surface area contributed by atoms with Gasteiger partial charge in [-0.15, -0.1) is 0 Å². The highest BCUT2D eigenvalue weighted by Crippen LogP contribution is 2.33. The number of sulfonamides is 1. The van der Waals surface area contributed by atoms with Gasteiger partial charge in [-0.3, -0.25) is 4.79 Å². The number of pyridine rings is 1. The lowest BCUT2D eigenvalue weighted by Crippen LogP contribution is -2.36. The molecule has 0 unspecified atom stereocenters. The molecule has 0 spiro atoms. The van der Waals surface area contributed by atoms with Crippen molar-refractivity contribution in [3.05, 3.63) is 58.3 Å². The minimum absolute atomic E-state index is 0.0296. The van der Waals surface area contributed by atoms with Crippen LogP contribution in [0.15, 0.2) is 47.4 Å². The molecular formula is C16H15Cl2N3O3S. The van der Waals surface area contributed by atoms with Crippen LogP contribution in [-0.2, 0) is 14.8 Å². The molecular weight excluding hydrogens is 385 g/mol. The third kappa shape index (κ3) is 3.79. The number of hydrogen-bond acceptors (Lipinski definition) is 4. The molecule has 1 N–H and O–H groups in total. The Morgan fingerprint density at radius 2 is 1.84 bits per heavy atom. The van der Waals surface area contributed by atoms with E-state index in [2.05, 4.69) is 10.3 Å². The lowest BCUT2D eigenvalue weighted by molar-refractivity contribution is -0.121. The summed E-state index contributed by atoms with van der Waals surface area (Å²) in [7, 11) is -3.97. The summed E-state index contributed by atoms with van der Waals surface area (Å²) in [5, 5.41) is 2.62. The summed E-state index contributed by atoms with van der Waals surface area (Å²) in [6.07, 6.45) is 0.0296. The Bertz CT molecular complexity index is 891. The van der Waals surface area contributed by atoms with E-state index in [0.29, 0.717) is 0 Å². The van der Waals surface area contributed by atoms with Crippen LogP contribution in [0.3, 0.4) is 0 Å². The zero-order valence-corrected chi connectivity index (χ0v) is 15.4. The summed E-state index contributed by atoms with van der Waals surface area (Å²) >= 11 is 11.8. The molecule has 0 saturated carbocycles. The van der Waals surface area contributed by atoms with Crippen LogP contribution in [-0.4, -0.2) is 36.7 Å². The number of rotatable bonds is 3. The zero-order chi connectivity index (χ0) is 18.0. The predicted octanol–water partition coefficient (Wildman–Crippen LogP) is 2.64. The molecule has 9 heteroatoms. The fraction of sp³-hybridized carbons (Fsp3) is 0.250. The Morgan fingerprint density at radius 3 is 2.52 bits per heavy atom. The van der Waals surface area contributed by atoms with E-state index in [1.54, 1.807) is 24.3 Å². The van der Waals surface area contributed by atoms with E-state index < -0.39 is 16.1 Å². The number of halogens is 2. The molecule has 1 aliphatic heterocycles. The van der Waals surface area contributed by atoms with Gasteiger partial charge in [0.1, 0.15) is 10.0 Å². The Labute approximate surface area is 155 Å². The minimum Gasteiger partial charge on any atom is -0.355 e. The summed E-state index contributed by atoms with van der Waals surface area (Å²) in [6.45, 7) is 0.354. The molecule has 1 fully saturated rings. The number of aromatic nitrogens is 1. The third-order valence-electron chi connectivity index (χ3n) is 3.93. The molecule has 0 aliphatic carbocycles. The Morgan fingerprint density at radius 1 is 1.12 bits per heavy atom. The normalized spacial score (nSPS) is 19.3. The average molecular weight is 400 g/mol. The van der Waals surface area contributed by atoms with E-state index in [4.69, 9.17) is 23.2 Å². The van der Waals surface area contributed by atoms with Crippen LogP contribution in [0, 0.1) is 0 Å². The fourth-order valence-corrected chi connectivity index (χ4v) is 5.03. The van der Waals surface area contributed by atoms with Crippen molar-refractivity contribution in [3.8, 4) is 0 Å². The van der Waals surface area contributed by atoms with E-state index in [1.165, 1.54) is 16.4 Å². The molecule has 1 aliphatic rings. The molecule has 0 bridgehead atoms. The van der Waals surface area contributed by atoms with E-state index in [9.17, 15) is 13.2 Å². The number of amides is 1. The van der Waals surface area contributed by atoms with Crippen molar-refractivity contribution in [2.75, 3.05) is 13.1 Å². The van der Waals surface area contributed by atoms with Crippen LogP contribution in [0.25, 0.3) is 0 Å². The molecule has 132 valence electrons. The van der Waals surface area contributed by atoms with Crippen molar-refractivity contribution in [2.45, 2.75) is 17.4 Å². The van der Waals surface area contributed by atoms with Crippen molar-refractivity contribution >= 4 is 39.1 Å². The second-order valence-corrected chi connectivity index (χ2v) is 8.12. The Balaban J connectivity index is 2.08. The van der Waals surface area contributed by atoms with Crippen LogP contribution in [0.2, 0.25) is 10.3 Å². The minimum atomic E-state index is -3.97. The van der Waals surface area contributed by atoms with Gasteiger partial charge >= 0.3 is 0 Å². The summed E-state index contributed by atoms with van der Waals surface area (Å²) in [5.74, 6) is -0.202. The monoisotopic (exact) mass is 399 g/mol. The lowest BCUT2D eigenvalue weighted by Gasteiger charge is -2.28. The molecule has 1 atom stereocenters. The third-order valence-corrected chi connectivity index (χ3v) is 6.48. The van der Waals surface area contributed by atoms with Crippen molar-refractivity contribution in [1.29, 1.82) is 0 Å². The molecule has 1 aromatic heterocycles. The molecule has 6 nitrogen and oxygen atoms in total. The topological polar surface area (TPSA) is 79.4 Å². The Hall–Kier alpha value is -1.67. The average Bonchev–Trinajstić information content (AvgIpc) is 2.77. The molecule has 2 heterocycles. The van der Waals surface area contributed by atoms with Gasteiger partial charge in [0.2, 0.25) is 15.9 Å². The van der Waals surface area contributed by atoms with Crippen molar-refractivity contribution in [1.82, 2.24) is 14.6 Å². The van der Waals surface area contributed by atoms with Gasteiger partial charge in [-0.2, -0.15) is 4.31 Å². The van der Waals surface area contributed by atoms with Crippen LogP contribution in [0.5, 0.6) is 0 Å². The summed E-state index contributed by atoms with van der Waals surface area (Å²) < 4.78 is 27.7. The first-order chi connectivity index (χ1) is 11.9. The maximum Gasteiger partial charge on any atom is 0.246 e. The molecule has 25 heavy (non-hydrogen) atoms. The number of hydrogen-bond donors (Lipinski definition) is 1. The first-order valence-corrected chi connectivity index (χ1v) is 9.75. The maximum absolute atomic E-state index is 13.2. The lowest BCUT2D eigenvalue weighted by atomic mass is 10.0. The number of benzene rings is 1. The van der Waals surface area contributed by atoms with E-state index in [-0.39, 0.29) is 40.6 Å². The second-order valence-electron chi connectivity index (χ2n) is 5.52. The highest BCUT2D eigenvalue weighted by atomic mass is 35.5. The number of nitrogens with one attached hydrogen (secondary N) is 1. The van der Waals surface area contributed by atoms with Gasteiger partial charge in [0, 0.05) is 19.5 Å². The van der Waals surface area contributed by atoms with Crippen LogP contribution in [0.4, 0.5) is 0 Å². The number of carbonyl (C=O) groups is 1. The highest BCUT2D eigenvalue weighted by Gasteiger charge is 2.36. The number of nitrogens with zero attached hydrogens (tertiary/aromatic N) is 2. The predicted molar refractivity (Wildman–Crippen MR) is 95.0 cm³/mol. The SMILES string of the molecule is O=C1C[C@H](c2ccccc2)N(S(=O)(=O)c2ccc(Cl)nc2Cl)CCN1. The fourth-order valence-electron chi connectivity index (χ4n) is 2.78. The molecule has 0 radical (unpaired) electrons. The van der Waals surface area contributed by atoms with E-state index >= 15 is 0 Å². The number of carbonyl (C=O) groups excluding carboxylic acids is 1. The van der Waals surface area contributed by atoms with Gasteiger partial charge in [-0.05, 0) is 17.7 Å². The van der Waals surface area contributed by atoms with Gasteiger partial charge < -0.3 is 5.32 Å². The van der Waals surface area contributed by atoms with E-state index in [1.807, 2.05) is 6.07 Å². The quantitative estimate of drug-likeness (QED) is 0.804. The van der Waals surface area contributed by atoms with Crippen LogP contribution >= 0.6 is 23.2 Å². The smallest absolute Gasteiger partial charge is 0.246 e. The van der Waals surface area contributed by atoms with Gasteiger partial charge in [-0.25, -0.2) is 13.4 Å². The highest BCUT2D eigenvalue weighted by molar-refractivity contribution is 7.89. The molecule has 1 amide bonds. The van der Waals surface area contributed by atoms with Gasteiger partial charge in [0.15, 0.2) is 5.15 Å². The van der Waals surface area contributed by atoms with Crippen LogP contribution in [0.1, 0.15) is 18.0 Å². The molecule has 2 aromatic rings. The first-order valence-electron chi connectivity index (χ1n) is 7.55. The van der Waals surface area contributed by atoms with Crippen molar-refractivity contribution in [3.63, 3.8) is 0 Å². The standard InChI is InChI=1S/C16H15Cl2N3O3S/c17-14-7-6-13(16(18)20-14)25(23,24)21-9-8-19-15(22)10-12(21)11-4-2-1-3-5-11/h1-7,12H,8-10H2,(H,19,22)/t12-/m1/s1. The van der Waals surface area contributed by atoms with Crippen LogP contribution < -0.4 is 5.32 Å². The van der Waals surface area contributed by atoms with Crippen molar-refractivity contribution < 1.29 is 13.2 Å². The molecule has 1 aromatic carbocycles. The van der Waals surface area contributed by atoms with Gasteiger partial charge in [0.05, 0.1) is 6.04 Å². The summed E-state index contributed by atoms with van der Waals surface area (Å²) in [4.78, 5) is 15.7. The molecule has 1 saturated heterocycles. The van der Waals surface area contributed by atoms with Crippen molar-refractivity contribution in [2.24, 2.45) is 0 Å².